The van der Waals surface area contributed by atoms with Crippen LogP contribution in [-0.4, -0.2) is 42.3 Å². The van der Waals surface area contributed by atoms with E-state index >= 15 is 0 Å². The Kier molecular flexibility index (Phi) is 5.09. The third-order valence-electron chi connectivity index (χ3n) is 3.07. The largest absolute Gasteiger partial charge is 0.463 e. The molecule has 0 spiro atoms. The van der Waals surface area contributed by atoms with Gasteiger partial charge in [-0.1, -0.05) is 0 Å². The molecular formula is C13H19N3O3. The molecule has 1 N–H and O–H groups in total. The van der Waals surface area contributed by atoms with Crippen LogP contribution < -0.4 is 5.32 Å². The Morgan fingerprint density at radius 3 is 3.21 bits per heavy atom. The zero-order chi connectivity index (χ0) is 13.5. The lowest BCUT2D eigenvalue weighted by Gasteiger charge is -2.22. The molecule has 1 unspecified atom stereocenters. The highest BCUT2D eigenvalue weighted by molar-refractivity contribution is 5.85. The molecule has 0 aromatic carbocycles. The summed E-state index contributed by atoms with van der Waals surface area (Å²) < 4.78 is 10.2. The van der Waals surface area contributed by atoms with Gasteiger partial charge in [0.05, 0.1) is 13.2 Å². The molecule has 2 rings (SSSR count). The van der Waals surface area contributed by atoms with Gasteiger partial charge in [-0.2, -0.15) is 0 Å². The predicted octanol–water partition coefficient (Wildman–Crippen LogP) is 1.63. The topological polar surface area (TPSA) is 73.3 Å². The fourth-order valence-corrected chi connectivity index (χ4v) is 2.04. The molecule has 6 nitrogen and oxygen atoms in total. The molecule has 0 bridgehead atoms. The first-order valence-corrected chi connectivity index (χ1v) is 6.56. The van der Waals surface area contributed by atoms with Gasteiger partial charge in [0.25, 0.3) is 0 Å². The summed E-state index contributed by atoms with van der Waals surface area (Å²) >= 11 is 0. The van der Waals surface area contributed by atoms with E-state index in [1.54, 1.807) is 12.3 Å². The third kappa shape index (κ3) is 4.17. The lowest BCUT2D eigenvalue weighted by molar-refractivity contribution is 0.0134. The Morgan fingerprint density at radius 2 is 2.47 bits per heavy atom. The van der Waals surface area contributed by atoms with Crippen LogP contribution in [0.25, 0.3) is 0 Å². The minimum atomic E-state index is -0.528. The van der Waals surface area contributed by atoms with Crippen molar-refractivity contribution in [1.29, 1.82) is 0 Å². The second-order valence-electron chi connectivity index (χ2n) is 4.46. The number of nitrogens with one attached hydrogen (secondary N) is 1. The summed E-state index contributed by atoms with van der Waals surface area (Å²) in [6.07, 6.45) is 6.35. The van der Waals surface area contributed by atoms with Crippen molar-refractivity contribution < 1.29 is 14.3 Å². The fourth-order valence-electron chi connectivity index (χ4n) is 2.04. The summed E-state index contributed by atoms with van der Waals surface area (Å²) in [6, 6.07) is 1.73. The van der Waals surface area contributed by atoms with Crippen LogP contribution in [0.1, 0.15) is 36.3 Å². The highest BCUT2D eigenvalue weighted by Gasteiger charge is 2.13. The molecule has 1 fully saturated rings. The number of carbonyl (C=O) groups is 1. The zero-order valence-corrected chi connectivity index (χ0v) is 11.1. The van der Waals surface area contributed by atoms with Crippen molar-refractivity contribution in [3.8, 4) is 0 Å². The second kappa shape index (κ2) is 7.04. The van der Waals surface area contributed by atoms with Crippen LogP contribution in [0, 0.1) is 0 Å². The van der Waals surface area contributed by atoms with Gasteiger partial charge in [-0.3, -0.25) is 0 Å². The first kappa shape index (κ1) is 13.7. The van der Waals surface area contributed by atoms with Crippen LogP contribution in [0.2, 0.25) is 0 Å². The van der Waals surface area contributed by atoms with Crippen LogP contribution in [0.4, 0.5) is 5.82 Å². The summed E-state index contributed by atoms with van der Waals surface area (Å²) in [5.41, 5.74) is 0. The molecule has 0 aliphatic carbocycles. The summed E-state index contributed by atoms with van der Waals surface area (Å²) in [5.74, 6) is 0.173. The van der Waals surface area contributed by atoms with E-state index in [1.165, 1.54) is 20.0 Å². The van der Waals surface area contributed by atoms with Crippen LogP contribution in [0.5, 0.6) is 0 Å². The highest BCUT2D eigenvalue weighted by Crippen LogP contribution is 2.15. The van der Waals surface area contributed by atoms with Gasteiger partial charge in [-0.05, 0) is 31.7 Å². The average Bonchev–Trinajstić information content (AvgIpc) is 2.48. The molecule has 6 heteroatoms. The Bertz CT molecular complexity index is 419. The van der Waals surface area contributed by atoms with Gasteiger partial charge < -0.3 is 14.8 Å². The maximum Gasteiger partial charge on any atom is 0.376 e. The quantitative estimate of drug-likeness (QED) is 0.816. The summed E-state index contributed by atoms with van der Waals surface area (Å²) in [4.78, 5) is 19.2. The van der Waals surface area contributed by atoms with E-state index in [0.717, 1.165) is 26.0 Å². The van der Waals surface area contributed by atoms with Gasteiger partial charge in [0, 0.05) is 19.3 Å². The second-order valence-corrected chi connectivity index (χ2v) is 4.46. The van der Waals surface area contributed by atoms with Gasteiger partial charge in [0.1, 0.15) is 5.82 Å². The molecule has 0 amide bonds. The number of aromatic nitrogens is 2. The molecule has 1 aliphatic heterocycles. The van der Waals surface area contributed by atoms with Crippen LogP contribution in [-0.2, 0) is 9.47 Å². The van der Waals surface area contributed by atoms with Crippen molar-refractivity contribution in [3.05, 3.63) is 18.1 Å². The lowest BCUT2D eigenvalue weighted by Crippen LogP contribution is -2.22. The number of carbonyl (C=O) groups excluding carboxylic acids is 1. The number of ether oxygens (including phenoxy) is 2. The number of hydrogen-bond acceptors (Lipinski definition) is 6. The van der Waals surface area contributed by atoms with Crippen molar-refractivity contribution >= 4 is 11.8 Å². The van der Waals surface area contributed by atoms with E-state index in [0.29, 0.717) is 11.9 Å². The van der Waals surface area contributed by atoms with E-state index in [-0.39, 0.29) is 5.82 Å². The molecule has 19 heavy (non-hydrogen) atoms. The first-order chi connectivity index (χ1) is 9.29. The molecule has 0 radical (unpaired) electrons. The van der Waals surface area contributed by atoms with Crippen molar-refractivity contribution in [3.63, 3.8) is 0 Å². The molecule has 1 atom stereocenters. The molecule has 1 aromatic rings. The molecule has 0 saturated carbocycles. The molecule has 2 heterocycles. The van der Waals surface area contributed by atoms with E-state index < -0.39 is 5.97 Å². The van der Waals surface area contributed by atoms with Crippen LogP contribution in [0.15, 0.2) is 12.3 Å². The minimum Gasteiger partial charge on any atom is -0.463 e. The maximum absolute atomic E-state index is 11.3. The number of hydrogen-bond donors (Lipinski definition) is 1. The lowest BCUT2D eigenvalue weighted by atomic mass is 10.1. The molecule has 1 saturated heterocycles. The van der Waals surface area contributed by atoms with Gasteiger partial charge in [-0.15, -0.1) is 0 Å². The van der Waals surface area contributed by atoms with E-state index in [4.69, 9.17) is 4.74 Å². The van der Waals surface area contributed by atoms with Gasteiger partial charge >= 0.3 is 5.97 Å². The van der Waals surface area contributed by atoms with Crippen LogP contribution in [0.3, 0.4) is 0 Å². The maximum atomic E-state index is 11.3. The average molecular weight is 265 g/mol. The monoisotopic (exact) mass is 265 g/mol. The smallest absolute Gasteiger partial charge is 0.376 e. The number of nitrogens with zero attached hydrogens (tertiary/aromatic N) is 2. The van der Waals surface area contributed by atoms with Crippen molar-refractivity contribution in [2.75, 3.05) is 25.6 Å². The number of methoxy groups -OCH3 is 1. The Balaban J connectivity index is 1.80. The Labute approximate surface area is 112 Å². The Hall–Kier alpha value is -1.69. The highest BCUT2D eigenvalue weighted by atomic mass is 16.5. The Morgan fingerprint density at radius 1 is 1.58 bits per heavy atom. The minimum absolute atomic E-state index is 0.0708. The zero-order valence-electron chi connectivity index (χ0n) is 11.1. The van der Waals surface area contributed by atoms with Crippen molar-refractivity contribution in [1.82, 2.24) is 9.97 Å². The van der Waals surface area contributed by atoms with E-state index in [1.807, 2.05) is 0 Å². The van der Waals surface area contributed by atoms with Gasteiger partial charge in [-0.25, -0.2) is 14.8 Å². The van der Waals surface area contributed by atoms with E-state index in [9.17, 15) is 4.79 Å². The standard InChI is InChI=1S/C13H19N3O3/c1-18-13(17)12-15-8-6-11(16-12)14-7-5-10-4-2-3-9-19-10/h6,8,10H,2-5,7,9H2,1H3,(H,14,15,16). The predicted molar refractivity (Wildman–Crippen MR) is 70.1 cm³/mol. The molecule has 1 aromatic heterocycles. The third-order valence-corrected chi connectivity index (χ3v) is 3.07. The SMILES string of the molecule is COC(=O)c1nccc(NCCC2CCCCO2)n1. The number of anilines is 1. The van der Waals surface area contributed by atoms with Gasteiger partial charge in [0.15, 0.2) is 0 Å². The van der Waals surface area contributed by atoms with Gasteiger partial charge in [0.2, 0.25) is 5.82 Å². The normalized spacial score (nSPS) is 18.9. The molecule has 1 aliphatic rings. The summed E-state index contributed by atoms with van der Waals surface area (Å²) in [5, 5.41) is 3.17. The van der Waals surface area contributed by atoms with Crippen molar-refractivity contribution in [2.45, 2.75) is 31.8 Å². The fraction of sp³-hybridized carbons (Fsp3) is 0.615. The first-order valence-electron chi connectivity index (χ1n) is 6.56. The summed E-state index contributed by atoms with van der Waals surface area (Å²) in [6.45, 7) is 1.63. The molecule has 104 valence electrons. The number of esters is 1. The molecular weight excluding hydrogens is 246 g/mol. The summed E-state index contributed by atoms with van der Waals surface area (Å²) in [7, 11) is 1.31. The number of rotatable bonds is 5. The van der Waals surface area contributed by atoms with E-state index in [2.05, 4.69) is 20.0 Å². The van der Waals surface area contributed by atoms with Crippen molar-refractivity contribution in [2.24, 2.45) is 0 Å². The van der Waals surface area contributed by atoms with Crippen LogP contribution >= 0.6 is 0 Å².